The van der Waals surface area contributed by atoms with E-state index in [1.807, 2.05) is 25.3 Å². The van der Waals surface area contributed by atoms with Crippen molar-refractivity contribution in [3.63, 3.8) is 0 Å². The first-order valence-electron chi connectivity index (χ1n) is 8.63. The summed E-state index contributed by atoms with van der Waals surface area (Å²) in [6, 6.07) is 12.1. The van der Waals surface area contributed by atoms with E-state index in [-0.39, 0.29) is 4.90 Å². The topological polar surface area (TPSA) is 62.3 Å². The van der Waals surface area contributed by atoms with Crippen LogP contribution >= 0.6 is 34.5 Å². The van der Waals surface area contributed by atoms with Crippen molar-refractivity contribution in [2.24, 2.45) is 0 Å². The Kier molecular flexibility index (Phi) is 6.62. The highest BCUT2D eigenvalue weighted by Gasteiger charge is 2.21. The zero-order chi connectivity index (χ0) is 20.3. The first-order chi connectivity index (χ1) is 13.3. The SMILES string of the molecule is CCN(CC)S(=O)(=O)c1ccc(-c2csc(Nc3ccc(Cl)c(Cl)c3)n2)cc1. The van der Waals surface area contributed by atoms with Gasteiger partial charge in [0.25, 0.3) is 0 Å². The van der Waals surface area contributed by atoms with Crippen molar-refractivity contribution in [1.29, 1.82) is 0 Å². The van der Waals surface area contributed by atoms with Gasteiger partial charge < -0.3 is 5.32 Å². The molecular weight excluding hydrogens is 437 g/mol. The molecule has 0 bridgehead atoms. The minimum absolute atomic E-state index is 0.282. The normalized spacial score (nSPS) is 11.8. The molecule has 1 heterocycles. The Morgan fingerprint density at radius 2 is 1.71 bits per heavy atom. The number of benzene rings is 2. The maximum absolute atomic E-state index is 12.6. The molecule has 148 valence electrons. The minimum atomic E-state index is -3.46. The number of thiazole rings is 1. The fourth-order valence-electron chi connectivity index (χ4n) is 2.67. The van der Waals surface area contributed by atoms with Gasteiger partial charge in [0.05, 0.1) is 20.6 Å². The monoisotopic (exact) mass is 455 g/mol. The molecule has 0 spiro atoms. The van der Waals surface area contributed by atoms with Gasteiger partial charge in [0, 0.05) is 29.7 Å². The Morgan fingerprint density at radius 3 is 2.32 bits per heavy atom. The van der Waals surface area contributed by atoms with Gasteiger partial charge in [-0.2, -0.15) is 4.31 Å². The van der Waals surface area contributed by atoms with Gasteiger partial charge in [0.1, 0.15) is 0 Å². The van der Waals surface area contributed by atoms with E-state index in [0.717, 1.165) is 16.9 Å². The van der Waals surface area contributed by atoms with E-state index in [4.69, 9.17) is 23.2 Å². The average Bonchev–Trinajstić information content (AvgIpc) is 3.14. The van der Waals surface area contributed by atoms with Crippen LogP contribution in [0.15, 0.2) is 52.7 Å². The summed E-state index contributed by atoms with van der Waals surface area (Å²) in [4.78, 5) is 4.84. The lowest BCUT2D eigenvalue weighted by atomic mass is 10.2. The van der Waals surface area contributed by atoms with Gasteiger partial charge in [-0.25, -0.2) is 13.4 Å². The molecule has 0 aliphatic carbocycles. The number of rotatable bonds is 7. The van der Waals surface area contributed by atoms with Crippen molar-refractivity contribution in [3.8, 4) is 11.3 Å². The number of hydrogen-bond acceptors (Lipinski definition) is 5. The van der Waals surface area contributed by atoms with Crippen LogP contribution in [0.4, 0.5) is 10.8 Å². The third-order valence-corrected chi connectivity index (χ3v) is 7.73. The van der Waals surface area contributed by atoms with E-state index in [2.05, 4.69) is 10.3 Å². The summed E-state index contributed by atoms with van der Waals surface area (Å²) in [5, 5.41) is 6.76. The summed E-state index contributed by atoms with van der Waals surface area (Å²) in [5.74, 6) is 0. The molecule has 0 amide bonds. The number of aromatic nitrogens is 1. The number of nitrogens with zero attached hydrogens (tertiary/aromatic N) is 2. The Morgan fingerprint density at radius 1 is 1.04 bits per heavy atom. The Bertz CT molecular complexity index is 1060. The Hall–Kier alpha value is -1.64. The van der Waals surface area contributed by atoms with Crippen LogP contribution in [0.25, 0.3) is 11.3 Å². The second kappa shape index (κ2) is 8.80. The molecular formula is C19H19Cl2N3O2S2. The fraction of sp³-hybridized carbons (Fsp3) is 0.211. The van der Waals surface area contributed by atoms with Crippen molar-refractivity contribution < 1.29 is 8.42 Å². The van der Waals surface area contributed by atoms with Crippen LogP contribution in [-0.4, -0.2) is 30.8 Å². The highest BCUT2D eigenvalue weighted by Crippen LogP contribution is 2.30. The van der Waals surface area contributed by atoms with Crippen LogP contribution in [0, 0.1) is 0 Å². The number of halogens is 2. The molecule has 5 nitrogen and oxygen atoms in total. The van der Waals surface area contributed by atoms with E-state index >= 15 is 0 Å². The van der Waals surface area contributed by atoms with Crippen LogP contribution < -0.4 is 5.32 Å². The van der Waals surface area contributed by atoms with Crippen molar-refractivity contribution >= 4 is 55.4 Å². The molecule has 2 aromatic carbocycles. The highest BCUT2D eigenvalue weighted by molar-refractivity contribution is 7.89. The summed E-state index contributed by atoms with van der Waals surface area (Å²) < 4.78 is 26.6. The van der Waals surface area contributed by atoms with E-state index in [0.29, 0.717) is 28.3 Å². The van der Waals surface area contributed by atoms with Crippen molar-refractivity contribution in [2.75, 3.05) is 18.4 Å². The van der Waals surface area contributed by atoms with E-state index in [1.54, 1.807) is 36.4 Å². The van der Waals surface area contributed by atoms with Crippen LogP contribution in [0.5, 0.6) is 0 Å². The maximum Gasteiger partial charge on any atom is 0.243 e. The Balaban J connectivity index is 1.79. The first kappa shape index (κ1) is 21.1. The molecule has 0 aliphatic rings. The number of sulfonamides is 1. The lowest BCUT2D eigenvalue weighted by molar-refractivity contribution is 0.445. The quantitative estimate of drug-likeness (QED) is 0.482. The van der Waals surface area contributed by atoms with Crippen LogP contribution in [0.3, 0.4) is 0 Å². The minimum Gasteiger partial charge on any atom is -0.331 e. The van der Waals surface area contributed by atoms with E-state index in [9.17, 15) is 8.42 Å². The third-order valence-electron chi connectivity index (χ3n) is 4.17. The van der Waals surface area contributed by atoms with E-state index < -0.39 is 10.0 Å². The van der Waals surface area contributed by atoms with Gasteiger partial charge >= 0.3 is 0 Å². The molecule has 1 N–H and O–H groups in total. The summed E-state index contributed by atoms with van der Waals surface area (Å²) in [6.45, 7) is 4.53. The third kappa shape index (κ3) is 4.50. The van der Waals surface area contributed by atoms with Gasteiger partial charge in [-0.1, -0.05) is 49.2 Å². The largest absolute Gasteiger partial charge is 0.331 e. The molecule has 3 rings (SSSR count). The van der Waals surface area contributed by atoms with E-state index in [1.165, 1.54) is 15.6 Å². The molecule has 0 radical (unpaired) electrons. The highest BCUT2D eigenvalue weighted by atomic mass is 35.5. The lowest BCUT2D eigenvalue weighted by Crippen LogP contribution is -2.30. The van der Waals surface area contributed by atoms with Crippen molar-refractivity contribution in [1.82, 2.24) is 9.29 Å². The fourth-order valence-corrected chi connectivity index (χ4v) is 5.17. The number of anilines is 2. The maximum atomic E-state index is 12.6. The zero-order valence-corrected chi connectivity index (χ0v) is 18.5. The van der Waals surface area contributed by atoms with Gasteiger partial charge in [0.15, 0.2) is 5.13 Å². The first-order valence-corrected chi connectivity index (χ1v) is 11.7. The molecule has 0 aliphatic heterocycles. The molecule has 0 atom stereocenters. The molecule has 0 saturated carbocycles. The second-order valence-electron chi connectivity index (χ2n) is 5.91. The molecule has 0 unspecified atom stereocenters. The van der Waals surface area contributed by atoms with Crippen LogP contribution in [0.1, 0.15) is 13.8 Å². The average molecular weight is 456 g/mol. The predicted molar refractivity (Wildman–Crippen MR) is 117 cm³/mol. The molecule has 9 heteroatoms. The summed E-state index contributed by atoms with van der Waals surface area (Å²) >= 11 is 13.4. The summed E-state index contributed by atoms with van der Waals surface area (Å²) in [5.41, 5.74) is 2.40. The molecule has 28 heavy (non-hydrogen) atoms. The summed E-state index contributed by atoms with van der Waals surface area (Å²) in [7, 11) is -3.46. The van der Waals surface area contributed by atoms with Crippen LogP contribution in [0.2, 0.25) is 10.0 Å². The number of hydrogen-bond donors (Lipinski definition) is 1. The molecule has 1 aromatic heterocycles. The predicted octanol–water partition coefficient (Wildman–Crippen LogP) is 5.89. The van der Waals surface area contributed by atoms with Crippen molar-refractivity contribution in [2.45, 2.75) is 18.7 Å². The van der Waals surface area contributed by atoms with Crippen LogP contribution in [-0.2, 0) is 10.0 Å². The summed E-state index contributed by atoms with van der Waals surface area (Å²) in [6.07, 6.45) is 0. The Labute approximate surface area is 179 Å². The molecule has 0 fully saturated rings. The standard InChI is InChI=1S/C19H19Cl2N3O2S2/c1-3-24(4-2)28(25,26)15-8-5-13(6-9-15)18-12-27-19(23-18)22-14-7-10-16(20)17(21)11-14/h5-12H,3-4H2,1-2H3,(H,22,23). The van der Waals surface area contributed by atoms with Gasteiger partial charge in [-0.15, -0.1) is 11.3 Å². The van der Waals surface area contributed by atoms with Gasteiger partial charge in [-0.05, 0) is 30.3 Å². The molecule has 3 aromatic rings. The number of nitrogens with one attached hydrogen (secondary N) is 1. The zero-order valence-electron chi connectivity index (χ0n) is 15.3. The second-order valence-corrected chi connectivity index (χ2v) is 9.52. The van der Waals surface area contributed by atoms with Gasteiger partial charge in [-0.3, -0.25) is 0 Å². The smallest absolute Gasteiger partial charge is 0.243 e. The van der Waals surface area contributed by atoms with Gasteiger partial charge in [0.2, 0.25) is 10.0 Å². The van der Waals surface area contributed by atoms with Crippen molar-refractivity contribution in [3.05, 3.63) is 57.9 Å². The lowest BCUT2D eigenvalue weighted by Gasteiger charge is -2.18. The molecule has 0 saturated heterocycles.